The molecule has 1 heterocycles. The Morgan fingerprint density at radius 1 is 1.47 bits per heavy atom. The van der Waals surface area contributed by atoms with Crippen molar-refractivity contribution in [3.8, 4) is 0 Å². The van der Waals surface area contributed by atoms with Crippen LogP contribution in [0.3, 0.4) is 0 Å². The second kappa shape index (κ2) is 4.34. The van der Waals surface area contributed by atoms with Crippen LogP contribution >= 0.6 is 0 Å². The largest absolute Gasteiger partial charge is 0.369 e. The van der Waals surface area contributed by atoms with Crippen LogP contribution in [0.5, 0.6) is 0 Å². The lowest BCUT2D eigenvalue weighted by Crippen LogP contribution is -2.59. The Morgan fingerprint density at radius 3 is 2.95 bits per heavy atom. The number of likely N-dealkylation sites (tertiary alicyclic amines) is 1. The van der Waals surface area contributed by atoms with Gasteiger partial charge in [-0.3, -0.25) is 9.69 Å². The molecule has 0 saturated carbocycles. The van der Waals surface area contributed by atoms with E-state index in [1.54, 1.807) is 0 Å². The minimum atomic E-state index is -0.213. The minimum Gasteiger partial charge on any atom is -0.369 e. The van der Waals surface area contributed by atoms with Gasteiger partial charge in [0, 0.05) is 6.04 Å². The Balaban J connectivity index is 1.99. The van der Waals surface area contributed by atoms with Crippen molar-refractivity contribution in [3.05, 3.63) is 35.4 Å². The fraction of sp³-hybridized carbons (Fsp3) is 0.562. The third-order valence-electron chi connectivity index (χ3n) is 5.39. The van der Waals surface area contributed by atoms with Crippen LogP contribution in [0, 0.1) is 5.92 Å². The Labute approximate surface area is 114 Å². The van der Waals surface area contributed by atoms with Crippen LogP contribution in [0.2, 0.25) is 0 Å². The van der Waals surface area contributed by atoms with E-state index >= 15 is 0 Å². The van der Waals surface area contributed by atoms with Gasteiger partial charge in [0.15, 0.2) is 0 Å². The van der Waals surface area contributed by atoms with E-state index in [1.807, 2.05) is 0 Å². The molecule has 1 aliphatic carbocycles. The molecule has 102 valence electrons. The standard InChI is InChI=1S/C16H22N2O/c1-11-14-9-12-5-3-4-6-13(12)16(11,2)7-8-18(14)10-15(17)19/h3-6,11,14H,7-10H2,1-2H3,(H2,17,19)/t11-,14-,16-/m1/s1. The highest BCUT2D eigenvalue weighted by atomic mass is 16.1. The van der Waals surface area contributed by atoms with E-state index in [1.165, 1.54) is 11.1 Å². The molecule has 19 heavy (non-hydrogen) atoms. The van der Waals surface area contributed by atoms with Gasteiger partial charge in [0.25, 0.3) is 0 Å². The first-order valence-corrected chi connectivity index (χ1v) is 7.13. The van der Waals surface area contributed by atoms with E-state index in [2.05, 4.69) is 43.0 Å². The molecule has 2 aliphatic rings. The fourth-order valence-electron chi connectivity index (χ4n) is 4.07. The van der Waals surface area contributed by atoms with Gasteiger partial charge in [-0.2, -0.15) is 0 Å². The first-order valence-electron chi connectivity index (χ1n) is 7.13. The number of nitrogens with zero attached hydrogens (tertiary/aromatic N) is 1. The van der Waals surface area contributed by atoms with Crippen LogP contribution in [0.25, 0.3) is 0 Å². The third-order valence-corrected chi connectivity index (χ3v) is 5.39. The number of hydrogen-bond donors (Lipinski definition) is 1. The molecule has 1 aliphatic heterocycles. The Bertz CT molecular complexity index is 513. The van der Waals surface area contributed by atoms with Gasteiger partial charge in [-0.05, 0) is 41.8 Å². The van der Waals surface area contributed by atoms with Crippen LogP contribution < -0.4 is 5.73 Å². The highest BCUT2D eigenvalue weighted by molar-refractivity contribution is 5.76. The van der Waals surface area contributed by atoms with Crippen LogP contribution in [-0.2, 0) is 16.6 Å². The van der Waals surface area contributed by atoms with Crippen LogP contribution in [0.4, 0.5) is 0 Å². The highest BCUT2D eigenvalue weighted by Gasteiger charge is 2.48. The van der Waals surface area contributed by atoms with Gasteiger partial charge in [0.1, 0.15) is 0 Å². The number of benzene rings is 1. The summed E-state index contributed by atoms with van der Waals surface area (Å²) in [6.45, 7) is 6.08. The second-order valence-corrected chi connectivity index (χ2v) is 6.32. The Morgan fingerprint density at radius 2 is 2.21 bits per heavy atom. The molecule has 3 nitrogen and oxygen atoms in total. The van der Waals surface area contributed by atoms with Crippen molar-refractivity contribution < 1.29 is 4.79 Å². The lowest BCUT2D eigenvalue weighted by molar-refractivity contribution is -0.121. The van der Waals surface area contributed by atoms with Gasteiger partial charge in [-0.25, -0.2) is 0 Å². The number of piperidine rings is 1. The topological polar surface area (TPSA) is 46.3 Å². The third kappa shape index (κ3) is 1.88. The number of primary amides is 1. The van der Waals surface area contributed by atoms with Gasteiger partial charge in [0.05, 0.1) is 6.54 Å². The average Bonchev–Trinajstić information content (AvgIpc) is 2.37. The van der Waals surface area contributed by atoms with E-state index in [4.69, 9.17) is 5.73 Å². The molecule has 1 aromatic rings. The maximum Gasteiger partial charge on any atom is 0.231 e. The second-order valence-electron chi connectivity index (χ2n) is 6.32. The van der Waals surface area contributed by atoms with E-state index in [-0.39, 0.29) is 11.3 Å². The molecule has 0 radical (unpaired) electrons. The molecular weight excluding hydrogens is 236 g/mol. The number of amides is 1. The number of fused-ring (bicyclic) bond motifs is 4. The van der Waals surface area contributed by atoms with Crippen molar-refractivity contribution in [3.63, 3.8) is 0 Å². The lowest BCUT2D eigenvalue weighted by Gasteiger charge is -2.54. The molecule has 1 aromatic carbocycles. The van der Waals surface area contributed by atoms with Crippen molar-refractivity contribution in [1.29, 1.82) is 0 Å². The number of nitrogens with two attached hydrogens (primary N) is 1. The monoisotopic (exact) mass is 258 g/mol. The minimum absolute atomic E-state index is 0.213. The molecule has 1 amide bonds. The first-order chi connectivity index (χ1) is 9.02. The number of carbonyl (C=O) groups excluding carboxylic acids is 1. The molecule has 3 heteroatoms. The van der Waals surface area contributed by atoms with Crippen molar-refractivity contribution >= 4 is 5.91 Å². The Hall–Kier alpha value is -1.35. The summed E-state index contributed by atoms with van der Waals surface area (Å²) in [6.07, 6.45) is 2.15. The molecular formula is C16H22N2O. The molecule has 1 fully saturated rings. The lowest BCUT2D eigenvalue weighted by atomic mass is 9.59. The molecule has 0 spiro atoms. The van der Waals surface area contributed by atoms with Gasteiger partial charge in [-0.1, -0.05) is 38.1 Å². The quantitative estimate of drug-likeness (QED) is 0.877. The van der Waals surface area contributed by atoms with Gasteiger partial charge in [0.2, 0.25) is 5.91 Å². The van der Waals surface area contributed by atoms with E-state index in [0.717, 1.165) is 19.4 Å². The average molecular weight is 258 g/mol. The number of carbonyl (C=O) groups is 1. The summed E-state index contributed by atoms with van der Waals surface area (Å²) in [5.41, 5.74) is 8.59. The molecule has 3 rings (SSSR count). The summed E-state index contributed by atoms with van der Waals surface area (Å²) < 4.78 is 0. The Kier molecular flexibility index (Phi) is 2.90. The molecule has 1 saturated heterocycles. The SMILES string of the molecule is C[C@@H]1[C@H]2Cc3ccccc3[C@]1(C)CCN2CC(N)=O. The zero-order valence-electron chi connectivity index (χ0n) is 11.7. The van der Waals surface area contributed by atoms with E-state index in [0.29, 0.717) is 18.5 Å². The zero-order chi connectivity index (χ0) is 13.6. The predicted molar refractivity (Wildman–Crippen MR) is 75.8 cm³/mol. The summed E-state index contributed by atoms with van der Waals surface area (Å²) in [7, 11) is 0. The van der Waals surface area contributed by atoms with Crippen molar-refractivity contribution in [2.45, 2.75) is 38.1 Å². The fourth-order valence-corrected chi connectivity index (χ4v) is 4.07. The highest BCUT2D eigenvalue weighted by Crippen LogP contribution is 2.48. The molecule has 0 unspecified atom stereocenters. The van der Waals surface area contributed by atoms with Gasteiger partial charge < -0.3 is 5.73 Å². The summed E-state index contributed by atoms with van der Waals surface area (Å²) in [4.78, 5) is 13.5. The van der Waals surface area contributed by atoms with Crippen LogP contribution in [-0.4, -0.2) is 29.9 Å². The molecule has 2 N–H and O–H groups in total. The van der Waals surface area contributed by atoms with Crippen molar-refractivity contribution in [1.82, 2.24) is 4.90 Å². The zero-order valence-corrected chi connectivity index (χ0v) is 11.7. The summed E-state index contributed by atoms with van der Waals surface area (Å²) in [6, 6.07) is 9.23. The van der Waals surface area contributed by atoms with E-state index in [9.17, 15) is 4.79 Å². The molecule has 0 aromatic heterocycles. The molecule has 2 bridgehead atoms. The summed E-state index contributed by atoms with van der Waals surface area (Å²) >= 11 is 0. The normalized spacial score (nSPS) is 33.8. The predicted octanol–water partition coefficient (Wildman–Crippen LogP) is 1.70. The van der Waals surface area contributed by atoms with E-state index < -0.39 is 0 Å². The summed E-state index contributed by atoms with van der Waals surface area (Å²) in [5.74, 6) is 0.352. The van der Waals surface area contributed by atoms with Crippen LogP contribution in [0.1, 0.15) is 31.4 Å². The van der Waals surface area contributed by atoms with Crippen molar-refractivity contribution in [2.75, 3.05) is 13.1 Å². The van der Waals surface area contributed by atoms with Crippen LogP contribution in [0.15, 0.2) is 24.3 Å². The van der Waals surface area contributed by atoms with Crippen molar-refractivity contribution in [2.24, 2.45) is 11.7 Å². The first kappa shape index (κ1) is 12.7. The van der Waals surface area contributed by atoms with Gasteiger partial charge in [-0.15, -0.1) is 0 Å². The number of rotatable bonds is 2. The maximum atomic E-state index is 11.2. The van der Waals surface area contributed by atoms with Gasteiger partial charge >= 0.3 is 0 Å². The summed E-state index contributed by atoms with van der Waals surface area (Å²) in [5, 5.41) is 0. The molecule has 3 atom stereocenters. The maximum absolute atomic E-state index is 11.2. The smallest absolute Gasteiger partial charge is 0.231 e. The number of hydrogen-bond acceptors (Lipinski definition) is 2.